The number of carbonyl (C=O) groups is 1. The average molecular weight is 522 g/mol. The number of nitrogens with one attached hydrogen (secondary N) is 1. The van der Waals surface area contributed by atoms with Crippen LogP contribution in [0.1, 0.15) is 24.3 Å². The smallest absolute Gasteiger partial charge is 0.425 e. The molecule has 1 N–H and O–H groups in total. The molecule has 2 aromatic rings. The van der Waals surface area contributed by atoms with Gasteiger partial charge in [0.2, 0.25) is 10.1 Å². The summed E-state index contributed by atoms with van der Waals surface area (Å²) in [6.07, 6.45) is -6.36. The molecule has 2 atom stereocenters. The molecule has 2 aliphatic rings. The fourth-order valence-electron chi connectivity index (χ4n) is 3.34. The summed E-state index contributed by atoms with van der Waals surface area (Å²) in [5, 5.41) is 15.5. The summed E-state index contributed by atoms with van der Waals surface area (Å²) in [7, 11) is -4.03. The van der Waals surface area contributed by atoms with Crippen molar-refractivity contribution in [2.24, 2.45) is 0 Å². The Kier molecular flexibility index (Phi) is 5.92. The maximum Gasteiger partial charge on any atom is 0.445 e. The number of halogens is 4. The van der Waals surface area contributed by atoms with Gasteiger partial charge in [0.1, 0.15) is 5.54 Å². The predicted octanol–water partition coefficient (Wildman–Crippen LogP) is 3.37. The van der Waals surface area contributed by atoms with Crippen LogP contribution in [0.2, 0.25) is 5.02 Å². The lowest BCUT2D eigenvalue weighted by Gasteiger charge is -2.23. The highest BCUT2D eigenvalue weighted by atomic mass is 35.5. The lowest BCUT2D eigenvalue weighted by atomic mass is 10.3. The number of nitriles is 1. The summed E-state index contributed by atoms with van der Waals surface area (Å²) >= 11 is 6.25. The molecule has 1 aromatic carbocycles. The Bertz CT molecular complexity index is 1230. The van der Waals surface area contributed by atoms with Crippen LogP contribution < -0.4 is 10.2 Å². The molecule has 1 aliphatic carbocycles. The number of carbonyl (C=O) groups excluding carboxylic acids is 1. The predicted molar refractivity (Wildman–Crippen MR) is 110 cm³/mol. The summed E-state index contributed by atoms with van der Waals surface area (Å²) in [6, 6.07) is 7.72. The van der Waals surface area contributed by atoms with Gasteiger partial charge in [0.05, 0.1) is 21.2 Å². The molecule has 1 saturated heterocycles. The Labute approximate surface area is 195 Å². The van der Waals surface area contributed by atoms with Crippen molar-refractivity contribution in [1.82, 2.24) is 15.5 Å². The largest absolute Gasteiger partial charge is 0.445 e. The Balaban J connectivity index is 1.62. The van der Waals surface area contributed by atoms with Crippen LogP contribution in [0.5, 0.6) is 0 Å². The van der Waals surface area contributed by atoms with Crippen LogP contribution >= 0.6 is 22.9 Å². The lowest BCUT2D eigenvalue weighted by Crippen LogP contribution is -2.41. The van der Waals surface area contributed by atoms with Crippen LogP contribution in [0.15, 0.2) is 29.2 Å². The summed E-state index contributed by atoms with van der Waals surface area (Å²) in [5.41, 5.74) is -1.05. The molecule has 0 bridgehead atoms. The lowest BCUT2D eigenvalue weighted by molar-refractivity contribution is -0.138. The molecule has 15 heteroatoms. The molecule has 2 fully saturated rings. The van der Waals surface area contributed by atoms with Crippen LogP contribution in [0.25, 0.3) is 0 Å². The standard InChI is InChI=1S/C18H15ClF3N5O4S2/c19-11-3-1-2-4-12(11)33(29,30)10-7-13(31-16(28)24-17(9-23)5-6-17)27(8-10)15-26-25-14(32-15)18(20,21)22/h1-4,10,13H,5-8H2,(H,24,28)/t10-,13+/m1/s1. The molecule has 1 amide bonds. The fraction of sp³-hybridized carbons (Fsp3) is 0.444. The van der Waals surface area contributed by atoms with Crippen molar-refractivity contribution in [2.75, 3.05) is 11.4 Å². The third-order valence-corrected chi connectivity index (χ3v) is 8.88. The van der Waals surface area contributed by atoms with E-state index in [1.807, 2.05) is 6.07 Å². The van der Waals surface area contributed by atoms with Gasteiger partial charge < -0.3 is 15.0 Å². The van der Waals surface area contributed by atoms with Gasteiger partial charge in [-0.2, -0.15) is 18.4 Å². The number of amides is 1. The minimum Gasteiger partial charge on any atom is -0.425 e. The second kappa shape index (κ2) is 8.30. The zero-order chi connectivity index (χ0) is 24.0. The number of alkyl halides is 3. The van der Waals surface area contributed by atoms with E-state index < -0.39 is 44.1 Å². The van der Waals surface area contributed by atoms with E-state index in [2.05, 4.69) is 15.5 Å². The highest BCUT2D eigenvalue weighted by Gasteiger charge is 2.48. The minimum atomic E-state index is -4.74. The van der Waals surface area contributed by atoms with Crippen molar-refractivity contribution in [1.29, 1.82) is 5.26 Å². The number of aromatic nitrogens is 2. The summed E-state index contributed by atoms with van der Waals surface area (Å²) in [6.45, 7) is -0.304. The second-order valence-electron chi connectivity index (χ2n) is 7.55. The molecular weight excluding hydrogens is 507 g/mol. The van der Waals surface area contributed by atoms with Gasteiger partial charge in [-0.15, -0.1) is 10.2 Å². The van der Waals surface area contributed by atoms with Crippen LogP contribution in [0, 0.1) is 11.3 Å². The summed E-state index contributed by atoms with van der Waals surface area (Å²) < 4.78 is 70.7. The number of hydrogen-bond acceptors (Lipinski definition) is 9. The van der Waals surface area contributed by atoms with Gasteiger partial charge in [0.15, 0.2) is 16.1 Å². The fourth-order valence-corrected chi connectivity index (χ4v) is 6.30. The number of benzene rings is 1. The SMILES string of the molecule is N#CC1(NC(=O)O[C@H]2C[C@@H](S(=O)(=O)c3ccccc3Cl)CN2c2nnc(C(F)(F)F)s2)CC1. The van der Waals surface area contributed by atoms with E-state index >= 15 is 0 Å². The van der Waals surface area contributed by atoms with Crippen LogP contribution in [0.3, 0.4) is 0 Å². The Hall–Kier alpha value is -2.63. The molecule has 33 heavy (non-hydrogen) atoms. The summed E-state index contributed by atoms with van der Waals surface area (Å²) in [4.78, 5) is 13.3. The molecular formula is C18H15ClF3N5O4S2. The first-order valence-electron chi connectivity index (χ1n) is 9.51. The zero-order valence-electron chi connectivity index (χ0n) is 16.5. The number of ether oxygens (including phenoxy) is 1. The third kappa shape index (κ3) is 4.71. The van der Waals surface area contributed by atoms with Crippen molar-refractivity contribution in [3.8, 4) is 6.07 Å². The van der Waals surface area contributed by atoms with E-state index in [0.29, 0.717) is 12.8 Å². The molecule has 1 saturated carbocycles. The van der Waals surface area contributed by atoms with Crippen molar-refractivity contribution in [2.45, 2.75) is 47.4 Å². The van der Waals surface area contributed by atoms with Gasteiger partial charge >= 0.3 is 12.3 Å². The topological polar surface area (TPSA) is 125 Å². The number of alkyl carbamates (subject to hydrolysis) is 1. The van der Waals surface area contributed by atoms with Gasteiger partial charge in [-0.25, -0.2) is 13.2 Å². The molecule has 1 aromatic heterocycles. The van der Waals surface area contributed by atoms with E-state index in [1.165, 1.54) is 18.2 Å². The van der Waals surface area contributed by atoms with Crippen LogP contribution in [-0.2, 0) is 20.8 Å². The van der Waals surface area contributed by atoms with Crippen LogP contribution in [-0.4, -0.2) is 48.3 Å². The number of nitrogens with zero attached hydrogens (tertiary/aromatic N) is 4. The van der Waals surface area contributed by atoms with Crippen molar-refractivity contribution in [3.63, 3.8) is 0 Å². The first kappa shape index (κ1) is 23.5. The second-order valence-corrected chi connectivity index (χ2v) is 11.1. The van der Waals surface area contributed by atoms with Gasteiger partial charge in [-0.05, 0) is 25.0 Å². The first-order valence-corrected chi connectivity index (χ1v) is 12.3. The van der Waals surface area contributed by atoms with Crippen molar-refractivity contribution in [3.05, 3.63) is 34.3 Å². The van der Waals surface area contributed by atoms with E-state index in [-0.39, 0.29) is 39.4 Å². The number of sulfone groups is 1. The molecule has 1 aliphatic heterocycles. The molecule has 9 nitrogen and oxygen atoms in total. The summed E-state index contributed by atoms with van der Waals surface area (Å²) in [5.74, 6) is 0. The minimum absolute atomic E-state index is 0.00821. The number of anilines is 1. The monoisotopic (exact) mass is 521 g/mol. The van der Waals surface area contributed by atoms with E-state index in [4.69, 9.17) is 21.6 Å². The van der Waals surface area contributed by atoms with E-state index in [1.54, 1.807) is 6.07 Å². The Morgan fingerprint density at radius 1 is 1.33 bits per heavy atom. The maximum absolute atomic E-state index is 13.2. The highest BCUT2D eigenvalue weighted by molar-refractivity contribution is 7.92. The maximum atomic E-state index is 13.2. The first-order chi connectivity index (χ1) is 15.4. The van der Waals surface area contributed by atoms with Gasteiger partial charge in [0, 0.05) is 13.0 Å². The zero-order valence-corrected chi connectivity index (χ0v) is 18.9. The normalized spacial score (nSPS) is 22.0. The molecule has 0 unspecified atom stereocenters. The van der Waals surface area contributed by atoms with Gasteiger partial charge in [-0.1, -0.05) is 35.1 Å². The molecule has 4 rings (SSSR count). The molecule has 0 radical (unpaired) electrons. The Morgan fingerprint density at radius 2 is 2.03 bits per heavy atom. The molecule has 2 heterocycles. The third-order valence-electron chi connectivity index (χ3n) is 5.25. The van der Waals surface area contributed by atoms with Gasteiger partial charge in [-0.3, -0.25) is 0 Å². The van der Waals surface area contributed by atoms with Gasteiger partial charge in [0.25, 0.3) is 0 Å². The molecule has 0 spiro atoms. The van der Waals surface area contributed by atoms with Crippen LogP contribution in [0.4, 0.5) is 23.1 Å². The van der Waals surface area contributed by atoms with E-state index in [9.17, 15) is 26.4 Å². The average Bonchev–Trinajstić information content (AvgIpc) is 3.13. The number of rotatable bonds is 5. The van der Waals surface area contributed by atoms with Crippen molar-refractivity contribution >= 4 is 44.0 Å². The van der Waals surface area contributed by atoms with Crippen molar-refractivity contribution < 1.29 is 31.1 Å². The quantitative estimate of drug-likeness (QED) is 0.635. The number of hydrogen-bond donors (Lipinski definition) is 1. The Morgan fingerprint density at radius 3 is 2.61 bits per heavy atom. The molecule has 176 valence electrons. The highest BCUT2D eigenvalue weighted by Crippen LogP contribution is 2.39. The van der Waals surface area contributed by atoms with E-state index in [0.717, 1.165) is 4.90 Å².